The number of rotatable bonds is 5. The Morgan fingerprint density at radius 2 is 1.93 bits per heavy atom. The minimum atomic E-state index is 0.474. The van der Waals surface area contributed by atoms with E-state index in [1.54, 1.807) is 0 Å². The second-order valence-corrected chi connectivity index (χ2v) is 4.61. The van der Waals surface area contributed by atoms with Gasteiger partial charge in [-0.3, -0.25) is 0 Å². The van der Waals surface area contributed by atoms with E-state index in [2.05, 4.69) is 46.3 Å². The maximum absolute atomic E-state index is 8.43. The third-order valence-electron chi connectivity index (χ3n) is 2.16. The lowest BCUT2D eigenvalue weighted by molar-refractivity contribution is 0.718. The molecule has 0 aliphatic carbocycles. The summed E-state index contributed by atoms with van der Waals surface area (Å²) in [6, 6.07) is 12.6. The van der Waals surface area contributed by atoms with E-state index in [0.29, 0.717) is 11.2 Å². The van der Waals surface area contributed by atoms with E-state index in [9.17, 15) is 0 Å². The molecule has 0 aliphatic rings. The Bertz CT molecular complexity index is 289. The van der Waals surface area contributed by atoms with Gasteiger partial charge in [-0.15, -0.1) is 0 Å². The number of hydrogen-bond acceptors (Lipinski definition) is 1. The molecule has 0 aromatic heterocycles. The molecular weight excluding hydrogens is 238 g/mol. The molecule has 74 valence electrons. The molecule has 1 atom stereocenters. The highest BCUT2D eigenvalue weighted by atomic mass is 79.9. The minimum absolute atomic E-state index is 0.474. The molecule has 14 heavy (non-hydrogen) atoms. The number of halogens is 1. The smallest absolute Gasteiger partial charge is 0.0622 e. The third-order valence-corrected chi connectivity index (χ3v) is 3.07. The van der Waals surface area contributed by atoms with Crippen LogP contribution in [0.2, 0.25) is 0 Å². The third kappa shape index (κ3) is 4.43. The van der Waals surface area contributed by atoms with Crippen molar-refractivity contribution in [2.24, 2.45) is 0 Å². The lowest BCUT2D eigenvalue weighted by atomic mass is 10.1. The van der Waals surface area contributed by atoms with E-state index in [1.807, 2.05) is 6.07 Å². The summed E-state index contributed by atoms with van der Waals surface area (Å²) in [5, 5.41) is 8.43. The molecule has 0 radical (unpaired) electrons. The van der Waals surface area contributed by atoms with Crippen molar-refractivity contribution in [1.29, 1.82) is 5.26 Å². The summed E-state index contributed by atoms with van der Waals surface area (Å²) in [6.45, 7) is 0. The van der Waals surface area contributed by atoms with Gasteiger partial charge < -0.3 is 0 Å². The standard InChI is InChI=1S/C12H14BrN/c13-12(7-4-10-14)9-8-11-5-2-1-3-6-11/h1-3,5-6,12H,4,7-9H2. The summed E-state index contributed by atoms with van der Waals surface area (Å²) >= 11 is 3.59. The zero-order valence-electron chi connectivity index (χ0n) is 8.12. The molecule has 1 aromatic rings. The van der Waals surface area contributed by atoms with E-state index in [0.717, 1.165) is 19.3 Å². The average Bonchev–Trinajstić information content (AvgIpc) is 2.25. The summed E-state index contributed by atoms with van der Waals surface area (Å²) in [7, 11) is 0. The Kier molecular flexibility index (Phi) is 5.32. The lowest BCUT2D eigenvalue weighted by Crippen LogP contribution is -1.99. The van der Waals surface area contributed by atoms with Crippen molar-refractivity contribution in [3.8, 4) is 6.07 Å². The van der Waals surface area contributed by atoms with Gasteiger partial charge in [-0.25, -0.2) is 0 Å². The van der Waals surface area contributed by atoms with E-state index >= 15 is 0 Å². The first-order chi connectivity index (χ1) is 6.83. The molecule has 0 heterocycles. The highest BCUT2D eigenvalue weighted by molar-refractivity contribution is 9.09. The largest absolute Gasteiger partial charge is 0.198 e. The predicted octanol–water partition coefficient (Wildman–Crippen LogP) is 3.69. The van der Waals surface area contributed by atoms with Crippen molar-refractivity contribution in [2.45, 2.75) is 30.5 Å². The maximum Gasteiger partial charge on any atom is 0.0622 e. The Morgan fingerprint density at radius 3 is 2.57 bits per heavy atom. The minimum Gasteiger partial charge on any atom is -0.198 e. The van der Waals surface area contributed by atoms with E-state index in [1.165, 1.54) is 5.56 Å². The summed E-state index contributed by atoms with van der Waals surface area (Å²) in [6.07, 6.45) is 3.78. The van der Waals surface area contributed by atoms with Crippen LogP contribution in [-0.4, -0.2) is 4.83 Å². The van der Waals surface area contributed by atoms with Crippen molar-refractivity contribution in [1.82, 2.24) is 0 Å². The highest BCUT2D eigenvalue weighted by Gasteiger charge is 2.03. The molecular formula is C12H14BrN. The van der Waals surface area contributed by atoms with Gasteiger partial charge in [0.1, 0.15) is 0 Å². The topological polar surface area (TPSA) is 23.8 Å². The molecule has 1 rings (SSSR count). The van der Waals surface area contributed by atoms with Gasteiger partial charge in [0.05, 0.1) is 6.07 Å². The lowest BCUT2D eigenvalue weighted by Gasteiger charge is -2.06. The van der Waals surface area contributed by atoms with E-state index in [-0.39, 0.29) is 0 Å². The van der Waals surface area contributed by atoms with Crippen molar-refractivity contribution in [2.75, 3.05) is 0 Å². The van der Waals surface area contributed by atoms with Crippen LogP contribution in [0.25, 0.3) is 0 Å². The summed E-state index contributed by atoms with van der Waals surface area (Å²) in [5.41, 5.74) is 1.37. The van der Waals surface area contributed by atoms with Crippen LogP contribution in [-0.2, 0) is 6.42 Å². The molecule has 1 unspecified atom stereocenters. The van der Waals surface area contributed by atoms with Crippen molar-refractivity contribution < 1.29 is 0 Å². The summed E-state index contributed by atoms with van der Waals surface area (Å²) in [4.78, 5) is 0.474. The van der Waals surface area contributed by atoms with Crippen LogP contribution in [0, 0.1) is 11.3 Å². The number of nitrogens with zero attached hydrogens (tertiary/aromatic N) is 1. The zero-order valence-corrected chi connectivity index (χ0v) is 9.70. The van der Waals surface area contributed by atoms with Gasteiger partial charge in [0.2, 0.25) is 0 Å². The predicted molar refractivity (Wildman–Crippen MR) is 62.3 cm³/mol. The van der Waals surface area contributed by atoms with Crippen LogP contribution >= 0.6 is 15.9 Å². The maximum atomic E-state index is 8.43. The van der Waals surface area contributed by atoms with Gasteiger partial charge >= 0.3 is 0 Å². The second kappa shape index (κ2) is 6.62. The monoisotopic (exact) mass is 251 g/mol. The molecule has 0 spiro atoms. The molecule has 0 N–H and O–H groups in total. The average molecular weight is 252 g/mol. The molecule has 0 aliphatic heterocycles. The van der Waals surface area contributed by atoms with Gasteiger partial charge in [-0.1, -0.05) is 46.3 Å². The molecule has 0 amide bonds. The van der Waals surface area contributed by atoms with Crippen LogP contribution in [0.5, 0.6) is 0 Å². The molecule has 0 bridgehead atoms. The van der Waals surface area contributed by atoms with Gasteiger partial charge in [0.15, 0.2) is 0 Å². The van der Waals surface area contributed by atoms with Crippen molar-refractivity contribution in [3.63, 3.8) is 0 Å². The number of nitriles is 1. The quantitative estimate of drug-likeness (QED) is 0.733. The van der Waals surface area contributed by atoms with Gasteiger partial charge in [0, 0.05) is 11.2 Å². The molecule has 2 heteroatoms. The van der Waals surface area contributed by atoms with Crippen molar-refractivity contribution in [3.05, 3.63) is 35.9 Å². The fourth-order valence-electron chi connectivity index (χ4n) is 1.33. The van der Waals surface area contributed by atoms with Gasteiger partial charge in [-0.2, -0.15) is 5.26 Å². The number of benzene rings is 1. The van der Waals surface area contributed by atoms with Crippen LogP contribution in [0.3, 0.4) is 0 Å². The Morgan fingerprint density at radius 1 is 1.21 bits per heavy atom. The molecule has 0 fully saturated rings. The normalized spacial score (nSPS) is 12.0. The van der Waals surface area contributed by atoms with Gasteiger partial charge in [-0.05, 0) is 24.8 Å². The van der Waals surface area contributed by atoms with Crippen LogP contribution in [0.15, 0.2) is 30.3 Å². The SMILES string of the molecule is N#CCCC(Br)CCc1ccccc1. The fraction of sp³-hybridized carbons (Fsp3) is 0.417. The number of hydrogen-bond donors (Lipinski definition) is 0. The first kappa shape index (κ1) is 11.3. The van der Waals surface area contributed by atoms with Crippen LogP contribution < -0.4 is 0 Å². The number of aryl methyl sites for hydroxylation is 1. The second-order valence-electron chi connectivity index (χ2n) is 3.32. The first-order valence-electron chi connectivity index (χ1n) is 4.88. The van der Waals surface area contributed by atoms with E-state index < -0.39 is 0 Å². The van der Waals surface area contributed by atoms with Crippen LogP contribution in [0.1, 0.15) is 24.8 Å². The van der Waals surface area contributed by atoms with Crippen molar-refractivity contribution >= 4 is 15.9 Å². The first-order valence-corrected chi connectivity index (χ1v) is 5.79. The van der Waals surface area contributed by atoms with Crippen LogP contribution in [0.4, 0.5) is 0 Å². The van der Waals surface area contributed by atoms with E-state index in [4.69, 9.17) is 5.26 Å². The fourth-order valence-corrected chi connectivity index (χ4v) is 1.79. The Labute approximate surface area is 93.9 Å². The van der Waals surface area contributed by atoms with Gasteiger partial charge in [0.25, 0.3) is 0 Å². The molecule has 0 saturated carbocycles. The Balaban J connectivity index is 2.24. The molecule has 0 saturated heterocycles. The highest BCUT2D eigenvalue weighted by Crippen LogP contribution is 2.15. The zero-order chi connectivity index (χ0) is 10.2. The number of alkyl halides is 1. The molecule has 1 aromatic carbocycles. The summed E-state index contributed by atoms with van der Waals surface area (Å²) in [5.74, 6) is 0. The molecule has 1 nitrogen and oxygen atoms in total. The Hall–Kier alpha value is -0.810. The summed E-state index contributed by atoms with van der Waals surface area (Å²) < 4.78 is 0.